The van der Waals surface area contributed by atoms with Crippen molar-refractivity contribution in [3.05, 3.63) is 70.7 Å². The van der Waals surface area contributed by atoms with Crippen LogP contribution in [0.3, 0.4) is 0 Å². The maximum absolute atomic E-state index is 14.4. The van der Waals surface area contributed by atoms with Crippen LogP contribution in [0.4, 0.5) is 17.6 Å². The smallest absolute Gasteiger partial charge is 0.257 e. The fraction of sp³-hybridized carbons (Fsp3) is 0.304. The van der Waals surface area contributed by atoms with E-state index < -0.39 is 36.1 Å². The van der Waals surface area contributed by atoms with Crippen LogP contribution in [0.15, 0.2) is 36.4 Å². The summed E-state index contributed by atoms with van der Waals surface area (Å²) in [7, 11) is 1.67. The van der Waals surface area contributed by atoms with Crippen LogP contribution < -0.4 is 4.74 Å². The van der Waals surface area contributed by atoms with Gasteiger partial charge in [0.2, 0.25) is 0 Å². The van der Waals surface area contributed by atoms with E-state index in [1.165, 1.54) is 33.8 Å². The topological polar surface area (TPSA) is 47.4 Å². The molecule has 168 valence electrons. The van der Waals surface area contributed by atoms with Gasteiger partial charge in [0, 0.05) is 30.8 Å². The minimum absolute atomic E-state index is 0.181. The van der Waals surface area contributed by atoms with Crippen molar-refractivity contribution in [2.24, 2.45) is 7.05 Å². The third kappa shape index (κ3) is 3.94. The molecule has 1 aromatic heterocycles. The number of fused-ring (bicyclic) bond motifs is 1. The van der Waals surface area contributed by atoms with Gasteiger partial charge in [-0.1, -0.05) is 0 Å². The van der Waals surface area contributed by atoms with Gasteiger partial charge in [0.15, 0.2) is 0 Å². The van der Waals surface area contributed by atoms with Crippen LogP contribution in [0, 0.1) is 17.5 Å². The molecular weight excluding hydrogens is 426 g/mol. The number of halogens is 4. The number of carbonyl (C=O) groups excluding carboxylic acids is 1. The summed E-state index contributed by atoms with van der Waals surface area (Å²) in [6.45, 7) is 1.13. The standard InChI is InChI=1S/C23H21F4N3O2/c1-13-21-18(22(29(2)28-21)14-9-15(25)11-16(26)10-14)5-7-30(13)23(31)19-12-17(32-8-6-24)3-4-20(19)27/h3-4,9-13H,5-8H2,1-2H3. The lowest BCUT2D eigenvalue weighted by molar-refractivity contribution is 0.0668. The van der Waals surface area contributed by atoms with Crippen molar-refractivity contribution in [3.8, 4) is 17.0 Å². The van der Waals surface area contributed by atoms with Crippen LogP contribution in [0.25, 0.3) is 11.3 Å². The van der Waals surface area contributed by atoms with E-state index in [2.05, 4.69) is 5.10 Å². The number of alkyl halides is 1. The molecule has 1 unspecified atom stereocenters. The van der Waals surface area contributed by atoms with Gasteiger partial charge in [-0.05, 0) is 43.7 Å². The maximum Gasteiger partial charge on any atom is 0.257 e. The fourth-order valence-electron chi connectivity index (χ4n) is 4.14. The van der Waals surface area contributed by atoms with Gasteiger partial charge in [0.05, 0.1) is 23.0 Å². The molecule has 0 N–H and O–H groups in total. The van der Waals surface area contributed by atoms with Crippen molar-refractivity contribution < 1.29 is 27.1 Å². The Labute approximate surface area is 182 Å². The molecule has 0 radical (unpaired) electrons. The molecule has 1 aliphatic rings. The highest BCUT2D eigenvalue weighted by atomic mass is 19.1. The van der Waals surface area contributed by atoms with E-state index in [9.17, 15) is 22.4 Å². The van der Waals surface area contributed by atoms with E-state index in [1.54, 1.807) is 14.0 Å². The summed E-state index contributed by atoms with van der Waals surface area (Å²) < 4.78 is 61.1. The molecule has 1 atom stereocenters. The van der Waals surface area contributed by atoms with Crippen LogP contribution in [0.2, 0.25) is 0 Å². The highest BCUT2D eigenvalue weighted by Crippen LogP contribution is 2.36. The summed E-state index contributed by atoms with van der Waals surface area (Å²) in [5, 5.41) is 4.49. The SMILES string of the molecule is CC1c2nn(C)c(-c3cc(F)cc(F)c3)c2CCN1C(=O)c1cc(OCCF)ccc1F. The summed E-state index contributed by atoms with van der Waals surface area (Å²) in [6, 6.07) is 6.48. The number of aromatic nitrogens is 2. The molecule has 0 saturated heterocycles. The third-order valence-corrected chi connectivity index (χ3v) is 5.55. The number of aryl methyl sites for hydroxylation is 1. The van der Waals surface area contributed by atoms with Crippen LogP contribution in [0.5, 0.6) is 5.75 Å². The van der Waals surface area contributed by atoms with Gasteiger partial charge in [-0.15, -0.1) is 0 Å². The summed E-state index contributed by atoms with van der Waals surface area (Å²) in [5.41, 5.74) is 2.12. The van der Waals surface area contributed by atoms with Crippen LogP contribution in [-0.2, 0) is 13.5 Å². The van der Waals surface area contributed by atoms with Crippen LogP contribution in [-0.4, -0.2) is 40.4 Å². The Kier molecular flexibility index (Phi) is 5.90. The summed E-state index contributed by atoms with van der Waals surface area (Å²) in [4.78, 5) is 14.6. The number of carbonyl (C=O) groups is 1. The van der Waals surface area contributed by atoms with E-state index in [0.29, 0.717) is 23.4 Å². The first-order valence-electron chi connectivity index (χ1n) is 10.1. The lowest BCUT2D eigenvalue weighted by Gasteiger charge is -2.33. The molecule has 4 rings (SSSR count). The average Bonchev–Trinajstić information content (AvgIpc) is 3.09. The molecule has 0 bridgehead atoms. The van der Waals surface area contributed by atoms with Crippen LogP contribution >= 0.6 is 0 Å². The van der Waals surface area contributed by atoms with E-state index in [4.69, 9.17) is 4.74 Å². The van der Waals surface area contributed by atoms with Gasteiger partial charge in [-0.3, -0.25) is 9.48 Å². The van der Waals surface area contributed by atoms with Crippen molar-refractivity contribution in [1.29, 1.82) is 0 Å². The number of benzene rings is 2. The van der Waals surface area contributed by atoms with Crippen molar-refractivity contribution in [3.63, 3.8) is 0 Å². The highest BCUT2D eigenvalue weighted by molar-refractivity contribution is 5.95. The van der Waals surface area contributed by atoms with Crippen molar-refractivity contribution in [1.82, 2.24) is 14.7 Å². The quantitative estimate of drug-likeness (QED) is 0.537. The van der Waals surface area contributed by atoms with Gasteiger partial charge in [0.25, 0.3) is 5.91 Å². The molecule has 2 heterocycles. The molecule has 5 nitrogen and oxygen atoms in total. The lowest BCUT2D eigenvalue weighted by atomic mass is 9.95. The Morgan fingerprint density at radius 3 is 2.56 bits per heavy atom. The molecule has 1 aliphatic heterocycles. The Morgan fingerprint density at radius 1 is 1.16 bits per heavy atom. The van der Waals surface area contributed by atoms with E-state index in [0.717, 1.165) is 17.7 Å². The lowest BCUT2D eigenvalue weighted by Crippen LogP contribution is -2.39. The fourth-order valence-corrected chi connectivity index (χ4v) is 4.14. The Balaban J connectivity index is 1.67. The second kappa shape index (κ2) is 8.64. The summed E-state index contributed by atoms with van der Waals surface area (Å²) in [5.74, 6) is -2.44. The summed E-state index contributed by atoms with van der Waals surface area (Å²) in [6.07, 6.45) is 0.381. The van der Waals surface area contributed by atoms with E-state index in [-0.39, 0.29) is 24.5 Å². The minimum atomic E-state index is -0.711. The monoisotopic (exact) mass is 447 g/mol. The van der Waals surface area contributed by atoms with Gasteiger partial charge in [-0.25, -0.2) is 17.6 Å². The van der Waals surface area contributed by atoms with Crippen molar-refractivity contribution in [2.75, 3.05) is 19.8 Å². The maximum atomic E-state index is 14.4. The predicted octanol–water partition coefficient (Wildman–Crippen LogP) is 4.61. The first-order chi connectivity index (χ1) is 15.3. The molecule has 0 aliphatic carbocycles. The number of ether oxygens (including phenoxy) is 1. The molecule has 0 fully saturated rings. The number of rotatable bonds is 5. The molecule has 2 aromatic carbocycles. The summed E-state index contributed by atoms with van der Waals surface area (Å²) >= 11 is 0. The zero-order chi connectivity index (χ0) is 23.0. The Bertz CT molecular complexity index is 1160. The third-order valence-electron chi connectivity index (χ3n) is 5.55. The molecule has 1 amide bonds. The Morgan fingerprint density at radius 2 is 1.88 bits per heavy atom. The molecule has 3 aromatic rings. The van der Waals surface area contributed by atoms with Gasteiger partial charge in [-0.2, -0.15) is 5.10 Å². The van der Waals surface area contributed by atoms with Crippen molar-refractivity contribution in [2.45, 2.75) is 19.4 Å². The average molecular weight is 447 g/mol. The first kappa shape index (κ1) is 21.9. The predicted molar refractivity (Wildman–Crippen MR) is 110 cm³/mol. The number of hydrogen-bond acceptors (Lipinski definition) is 3. The number of hydrogen-bond donors (Lipinski definition) is 0. The van der Waals surface area contributed by atoms with Gasteiger partial charge >= 0.3 is 0 Å². The van der Waals surface area contributed by atoms with E-state index in [1.807, 2.05) is 0 Å². The molecule has 0 spiro atoms. The zero-order valence-corrected chi connectivity index (χ0v) is 17.5. The molecule has 0 saturated carbocycles. The van der Waals surface area contributed by atoms with E-state index >= 15 is 0 Å². The zero-order valence-electron chi connectivity index (χ0n) is 17.5. The molecular formula is C23H21F4N3O2. The number of nitrogens with zero attached hydrogens (tertiary/aromatic N) is 3. The highest BCUT2D eigenvalue weighted by Gasteiger charge is 2.34. The molecule has 9 heteroatoms. The normalized spacial score (nSPS) is 15.6. The largest absolute Gasteiger partial charge is 0.491 e. The van der Waals surface area contributed by atoms with Gasteiger partial charge in [0.1, 0.15) is 36.5 Å². The Hall–Kier alpha value is -3.36. The second-order valence-corrected chi connectivity index (χ2v) is 7.60. The minimum Gasteiger partial charge on any atom is -0.491 e. The molecule has 32 heavy (non-hydrogen) atoms. The van der Waals surface area contributed by atoms with Crippen molar-refractivity contribution >= 4 is 5.91 Å². The first-order valence-corrected chi connectivity index (χ1v) is 10.1. The van der Waals surface area contributed by atoms with Gasteiger partial charge < -0.3 is 9.64 Å². The second-order valence-electron chi connectivity index (χ2n) is 7.60. The number of amides is 1. The van der Waals surface area contributed by atoms with Crippen LogP contribution in [0.1, 0.15) is 34.6 Å².